The maximum atomic E-state index is 11.6. The fourth-order valence-corrected chi connectivity index (χ4v) is 2.51. The molecule has 1 aromatic rings. The predicted octanol–water partition coefficient (Wildman–Crippen LogP) is 1.57. The molecule has 2 unspecified atom stereocenters. The van der Waals surface area contributed by atoms with Crippen LogP contribution in [-0.4, -0.2) is 31.1 Å². The summed E-state index contributed by atoms with van der Waals surface area (Å²) in [6.07, 6.45) is 1.94. The van der Waals surface area contributed by atoms with Crippen LogP contribution in [0.3, 0.4) is 0 Å². The lowest BCUT2D eigenvalue weighted by Gasteiger charge is -2.27. The van der Waals surface area contributed by atoms with E-state index in [9.17, 15) is 4.79 Å². The predicted molar refractivity (Wildman–Crippen MR) is 74.7 cm³/mol. The SMILES string of the molecule is CC1Oc2ccc(NC3CCCNC3)cc2NC1=O. The maximum absolute atomic E-state index is 11.6. The van der Waals surface area contributed by atoms with Crippen LogP contribution in [0, 0.1) is 0 Å². The third-order valence-corrected chi connectivity index (χ3v) is 3.58. The van der Waals surface area contributed by atoms with Gasteiger partial charge in [-0.15, -0.1) is 0 Å². The highest BCUT2D eigenvalue weighted by Gasteiger charge is 2.23. The van der Waals surface area contributed by atoms with Crippen molar-refractivity contribution in [1.82, 2.24) is 5.32 Å². The number of carbonyl (C=O) groups is 1. The zero-order valence-corrected chi connectivity index (χ0v) is 11.0. The molecule has 102 valence electrons. The van der Waals surface area contributed by atoms with Crippen LogP contribution in [-0.2, 0) is 4.79 Å². The first-order valence-corrected chi connectivity index (χ1v) is 6.81. The van der Waals surface area contributed by atoms with Crippen LogP contribution < -0.4 is 20.7 Å². The summed E-state index contributed by atoms with van der Waals surface area (Å²) in [4.78, 5) is 11.6. The summed E-state index contributed by atoms with van der Waals surface area (Å²) < 4.78 is 5.54. The summed E-state index contributed by atoms with van der Waals surface area (Å²) in [6, 6.07) is 6.29. The second-order valence-electron chi connectivity index (χ2n) is 5.15. The average molecular weight is 261 g/mol. The molecule has 0 saturated carbocycles. The van der Waals surface area contributed by atoms with Crippen LogP contribution in [0.25, 0.3) is 0 Å². The molecule has 1 fully saturated rings. The Morgan fingerprint density at radius 3 is 3.11 bits per heavy atom. The molecule has 1 amide bonds. The minimum Gasteiger partial charge on any atom is -0.479 e. The van der Waals surface area contributed by atoms with Crippen LogP contribution in [0.1, 0.15) is 19.8 Å². The number of carbonyl (C=O) groups excluding carboxylic acids is 1. The van der Waals surface area contributed by atoms with Crippen molar-refractivity contribution in [3.8, 4) is 5.75 Å². The van der Waals surface area contributed by atoms with Gasteiger partial charge in [0.25, 0.3) is 5.91 Å². The number of fused-ring (bicyclic) bond motifs is 1. The molecule has 3 N–H and O–H groups in total. The first-order valence-electron chi connectivity index (χ1n) is 6.81. The molecule has 5 heteroatoms. The Labute approximate surface area is 112 Å². The third kappa shape index (κ3) is 2.66. The molecular weight excluding hydrogens is 242 g/mol. The molecule has 3 rings (SSSR count). The van der Waals surface area contributed by atoms with Gasteiger partial charge in [0.05, 0.1) is 5.69 Å². The lowest BCUT2D eigenvalue weighted by atomic mass is 10.1. The van der Waals surface area contributed by atoms with Gasteiger partial charge in [0.15, 0.2) is 6.10 Å². The van der Waals surface area contributed by atoms with Gasteiger partial charge in [-0.2, -0.15) is 0 Å². The van der Waals surface area contributed by atoms with Crippen LogP contribution >= 0.6 is 0 Å². The Kier molecular flexibility index (Phi) is 3.29. The molecule has 0 aliphatic carbocycles. The Bertz CT molecular complexity index is 484. The third-order valence-electron chi connectivity index (χ3n) is 3.58. The lowest BCUT2D eigenvalue weighted by Crippen LogP contribution is -2.38. The van der Waals surface area contributed by atoms with E-state index in [2.05, 4.69) is 16.0 Å². The number of amides is 1. The van der Waals surface area contributed by atoms with E-state index < -0.39 is 6.10 Å². The van der Waals surface area contributed by atoms with E-state index in [1.165, 1.54) is 12.8 Å². The molecule has 0 aromatic heterocycles. The molecular formula is C14H19N3O2. The first kappa shape index (κ1) is 12.3. The highest BCUT2D eigenvalue weighted by Crippen LogP contribution is 2.32. The Balaban J connectivity index is 1.74. The van der Waals surface area contributed by atoms with Crippen molar-refractivity contribution in [3.63, 3.8) is 0 Å². The van der Waals surface area contributed by atoms with Gasteiger partial charge >= 0.3 is 0 Å². The van der Waals surface area contributed by atoms with Gasteiger partial charge in [0.1, 0.15) is 5.75 Å². The minimum absolute atomic E-state index is 0.0935. The van der Waals surface area contributed by atoms with Gasteiger partial charge in [-0.05, 0) is 44.5 Å². The van der Waals surface area contributed by atoms with Crippen LogP contribution in [0.4, 0.5) is 11.4 Å². The highest BCUT2D eigenvalue weighted by atomic mass is 16.5. The molecule has 19 heavy (non-hydrogen) atoms. The molecule has 1 aromatic carbocycles. The maximum Gasteiger partial charge on any atom is 0.265 e. The first-order chi connectivity index (χ1) is 9.22. The van der Waals surface area contributed by atoms with Crippen molar-refractivity contribution in [2.24, 2.45) is 0 Å². The van der Waals surface area contributed by atoms with E-state index in [1.54, 1.807) is 6.92 Å². The van der Waals surface area contributed by atoms with Gasteiger partial charge in [-0.1, -0.05) is 0 Å². The average Bonchev–Trinajstić information content (AvgIpc) is 2.42. The number of hydrogen-bond donors (Lipinski definition) is 3. The monoisotopic (exact) mass is 261 g/mol. The normalized spacial score (nSPS) is 26.1. The van der Waals surface area contributed by atoms with Crippen molar-refractivity contribution in [1.29, 1.82) is 0 Å². The highest BCUT2D eigenvalue weighted by molar-refractivity contribution is 5.98. The molecule has 0 radical (unpaired) electrons. The number of anilines is 2. The van der Waals surface area contributed by atoms with Crippen molar-refractivity contribution in [3.05, 3.63) is 18.2 Å². The van der Waals surface area contributed by atoms with Crippen molar-refractivity contribution in [2.75, 3.05) is 23.7 Å². The van der Waals surface area contributed by atoms with Crippen LogP contribution in [0.5, 0.6) is 5.75 Å². The fourth-order valence-electron chi connectivity index (χ4n) is 2.51. The summed E-state index contributed by atoms with van der Waals surface area (Å²) in [5, 5.41) is 9.73. The quantitative estimate of drug-likeness (QED) is 0.756. The zero-order valence-electron chi connectivity index (χ0n) is 11.0. The topological polar surface area (TPSA) is 62.4 Å². The molecule has 5 nitrogen and oxygen atoms in total. The Morgan fingerprint density at radius 2 is 2.32 bits per heavy atom. The molecule has 2 aliphatic rings. The van der Waals surface area contributed by atoms with Gasteiger partial charge < -0.3 is 20.7 Å². The molecule has 0 bridgehead atoms. The van der Waals surface area contributed by atoms with E-state index in [0.717, 1.165) is 30.2 Å². The number of ether oxygens (including phenoxy) is 1. The van der Waals surface area contributed by atoms with Gasteiger partial charge in [0, 0.05) is 18.3 Å². The van der Waals surface area contributed by atoms with Gasteiger partial charge in [-0.25, -0.2) is 0 Å². The Morgan fingerprint density at radius 1 is 1.42 bits per heavy atom. The standard InChI is InChI=1S/C14H19N3O2/c1-9-14(18)17-12-7-10(4-5-13(12)19-9)16-11-3-2-6-15-8-11/h4-5,7,9,11,15-16H,2-3,6,8H2,1H3,(H,17,18). The van der Waals surface area contributed by atoms with Gasteiger partial charge in [0.2, 0.25) is 0 Å². The van der Waals surface area contributed by atoms with E-state index in [-0.39, 0.29) is 5.91 Å². The zero-order chi connectivity index (χ0) is 13.2. The van der Waals surface area contributed by atoms with E-state index >= 15 is 0 Å². The number of piperidine rings is 1. The number of benzene rings is 1. The van der Waals surface area contributed by atoms with Crippen molar-refractivity contribution < 1.29 is 9.53 Å². The smallest absolute Gasteiger partial charge is 0.265 e. The lowest BCUT2D eigenvalue weighted by molar-refractivity contribution is -0.122. The summed E-state index contributed by atoms with van der Waals surface area (Å²) >= 11 is 0. The summed E-state index contributed by atoms with van der Waals surface area (Å²) in [6.45, 7) is 3.83. The second-order valence-corrected chi connectivity index (χ2v) is 5.15. The van der Waals surface area contributed by atoms with E-state index in [1.807, 2.05) is 18.2 Å². The molecule has 0 spiro atoms. The van der Waals surface area contributed by atoms with Gasteiger partial charge in [-0.3, -0.25) is 4.79 Å². The van der Waals surface area contributed by atoms with E-state index in [4.69, 9.17) is 4.74 Å². The Hall–Kier alpha value is -1.75. The fraction of sp³-hybridized carbons (Fsp3) is 0.500. The number of rotatable bonds is 2. The molecule has 2 atom stereocenters. The summed E-state index contributed by atoms with van der Waals surface area (Å²) in [5.41, 5.74) is 1.77. The van der Waals surface area contributed by atoms with Crippen molar-refractivity contribution in [2.45, 2.75) is 31.9 Å². The van der Waals surface area contributed by atoms with E-state index in [0.29, 0.717) is 6.04 Å². The molecule has 1 saturated heterocycles. The molecule has 2 aliphatic heterocycles. The van der Waals surface area contributed by atoms with Crippen LogP contribution in [0.2, 0.25) is 0 Å². The number of nitrogens with one attached hydrogen (secondary N) is 3. The van der Waals surface area contributed by atoms with Crippen LogP contribution in [0.15, 0.2) is 18.2 Å². The minimum atomic E-state index is -0.422. The summed E-state index contributed by atoms with van der Waals surface area (Å²) in [5.74, 6) is 0.642. The number of hydrogen-bond acceptors (Lipinski definition) is 4. The summed E-state index contributed by atoms with van der Waals surface area (Å²) in [7, 11) is 0. The molecule has 2 heterocycles. The second kappa shape index (κ2) is 5.09. The van der Waals surface area contributed by atoms with Crippen molar-refractivity contribution >= 4 is 17.3 Å². The largest absolute Gasteiger partial charge is 0.479 e.